The zero-order valence-corrected chi connectivity index (χ0v) is 10.9. The molecule has 0 bridgehead atoms. The maximum Gasteiger partial charge on any atom is 0.0781 e. The molecule has 0 spiro atoms. The summed E-state index contributed by atoms with van der Waals surface area (Å²) < 4.78 is 0. The Kier molecular flexibility index (Phi) is 4.06. The van der Waals surface area contributed by atoms with Crippen molar-refractivity contribution in [1.82, 2.24) is 0 Å². The molecule has 1 saturated heterocycles. The summed E-state index contributed by atoms with van der Waals surface area (Å²) in [7, 11) is 0. The molecule has 1 aliphatic heterocycles. The van der Waals surface area contributed by atoms with Crippen molar-refractivity contribution in [3.8, 4) is 0 Å². The summed E-state index contributed by atoms with van der Waals surface area (Å²) in [5.74, 6) is 0. The Labute approximate surface area is 104 Å². The summed E-state index contributed by atoms with van der Waals surface area (Å²) in [4.78, 5) is 2.49. The van der Waals surface area contributed by atoms with E-state index >= 15 is 0 Å². The summed E-state index contributed by atoms with van der Waals surface area (Å²) in [6, 6.07) is 8.92. The molecule has 1 fully saturated rings. The van der Waals surface area contributed by atoms with E-state index in [4.69, 9.17) is 0 Å². The standard InChI is InChI=1S/C15H23NO/c1-3-13-8-6-7-11-16(13)15-10-5-4-9-14(15)12(2)17/h4-5,9-10,12-13,17H,3,6-8,11H2,1-2H3. The first-order valence-electron chi connectivity index (χ1n) is 6.77. The molecule has 94 valence electrons. The van der Waals surface area contributed by atoms with Crippen molar-refractivity contribution < 1.29 is 5.11 Å². The Morgan fingerprint density at radius 3 is 2.82 bits per heavy atom. The summed E-state index contributed by atoms with van der Waals surface area (Å²) in [5, 5.41) is 9.87. The van der Waals surface area contributed by atoms with Crippen molar-refractivity contribution in [3.63, 3.8) is 0 Å². The van der Waals surface area contributed by atoms with Gasteiger partial charge < -0.3 is 10.0 Å². The van der Waals surface area contributed by atoms with Crippen molar-refractivity contribution in [1.29, 1.82) is 0 Å². The maximum atomic E-state index is 9.87. The molecule has 2 unspecified atom stereocenters. The molecule has 0 aromatic heterocycles. The summed E-state index contributed by atoms with van der Waals surface area (Å²) in [5.41, 5.74) is 2.29. The Bertz CT molecular complexity index is 362. The van der Waals surface area contributed by atoms with Gasteiger partial charge in [0.2, 0.25) is 0 Å². The lowest BCUT2D eigenvalue weighted by Crippen LogP contribution is -2.39. The van der Waals surface area contributed by atoms with Gasteiger partial charge in [-0.05, 0) is 38.7 Å². The highest BCUT2D eigenvalue weighted by molar-refractivity contribution is 5.55. The minimum Gasteiger partial charge on any atom is -0.389 e. The van der Waals surface area contributed by atoms with Gasteiger partial charge in [0, 0.05) is 23.8 Å². The van der Waals surface area contributed by atoms with Gasteiger partial charge in [0.1, 0.15) is 0 Å². The van der Waals surface area contributed by atoms with Gasteiger partial charge in [-0.3, -0.25) is 0 Å². The molecule has 2 rings (SSSR count). The van der Waals surface area contributed by atoms with Gasteiger partial charge in [-0.2, -0.15) is 0 Å². The van der Waals surface area contributed by atoms with E-state index in [1.54, 1.807) is 0 Å². The molecule has 2 atom stereocenters. The molecule has 0 aliphatic carbocycles. The fraction of sp³-hybridized carbons (Fsp3) is 0.600. The summed E-state index contributed by atoms with van der Waals surface area (Å²) >= 11 is 0. The van der Waals surface area contributed by atoms with Crippen LogP contribution in [0.3, 0.4) is 0 Å². The van der Waals surface area contributed by atoms with Gasteiger partial charge >= 0.3 is 0 Å². The highest BCUT2D eigenvalue weighted by Crippen LogP contribution is 2.32. The zero-order valence-electron chi connectivity index (χ0n) is 10.9. The second-order valence-corrected chi connectivity index (χ2v) is 4.99. The average Bonchev–Trinajstić information content (AvgIpc) is 2.38. The van der Waals surface area contributed by atoms with Gasteiger partial charge in [0.05, 0.1) is 6.10 Å². The normalized spacial score (nSPS) is 22.5. The van der Waals surface area contributed by atoms with Crippen molar-refractivity contribution in [2.45, 2.75) is 51.7 Å². The first kappa shape index (κ1) is 12.4. The number of anilines is 1. The van der Waals surface area contributed by atoms with E-state index in [-0.39, 0.29) is 6.10 Å². The van der Waals surface area contributed by atoms with Crippen molar-refractivity contribution in [2.75, 3.05) is 11.4 Å². The molecule has 0 saturated carbocycles. The zero-order chi connectivity index (χ0) is 12.3. The highest BCUT2D eigenvalue weighted by atomic mass is 16.3. The van der Waals surface area contributed by atoms with Crippen LogP contribution in [0.5, 0.6) is 0 Å². The number of hydrogen-bond donors (Lipinski definition) is 1. The number of piperidine rings is 1. The first-order chi connectivity index (χ1) is 8.24. The van der Waals surface area contributed by atoms with Gasteiger partial charge in [0.25, 0.3) is 0 Å². The van der Waals surface area contributed by atoms with E-state index < -0.39 is 0 Å². The van der Waals surface area contributed by atoms with Gasteiger partial charge in [0.15, 0.2) is 0 Å². The van der Waals surface area contributed by atoms with Crippen LogP contribution in [-0.2, 0) is 0 Å². The third-order valence-electron chi connectivity index (χ3n) is 3.79. The van der Waals surface area contributed by atoms with Gasteiger partial charge in [-0.1, -0.05) is 25.1 Å². The Hall–Kier alpha value is -1.02. The summed E-state index contributed by atoms with van der Waals surface area (Å²) in [6.07, 6.45) is 4.69. The minimum atomic E-state index is -0.384. The highest BCUT2D eigenvalue weighted by Gasteiger charge is 2.23. The molecular formula is C15H23NO. The second kappa shape index (κ2) is 5.54. The third-order valence-corrected chi connectivity index (χ3v) is 3.79. The van der Waals surface area contributed by atoms with E-state index in [0.717, 1.165) is 12.1 Å². The molecule has 1 heterocycles. The van der Waals surface area contributed by atoms with Gasteiger partial charge in [-0.15, -0.1) is 0 Å². The molecule has 2 heteroatoms. The van der Waals surface area contributed by atoms with Crippen LogP contribution >= 0.6 is 0 Å². The Balaban J connectivity index is 2.31. The maximum absolute atomic E-state index is 9.87. The third kappa shape index (κ3) is 2.63. The fourth-order valence-electron chi connectivity index (χ4n) is 2.84. The van der Waals surface area contributed by atoms with Crippen LogP contribution in [0, 0.1) is 0 Å². The number of nitrogens with zero attached hydrogens (tertiary/aromatic N) is 1. The van der Waals surface area contributed by atoms with E-state index in [1.807, 2.05) is 19.1 Å². The molecular weight excluding hydrogens is 210 g/mol. The topological polar surface area (TPSA) is 23.5 Å². The number of benzene rings is 1. The molecule has 1 aromatic carbocycles. The number of aliphatic hydroxyl groups is 1. The van der Waals surface area contributed by atoms with Crippen LogP contribution in [0.1, 0.15) is 51.2 Å². The van der Waals surface area contributed by atoms with Crippen LogP contribution in [0.15, 0.2) is 24.3 Å². The van der Waals surface area contributed by atoms with Crippen LogP contribution in [0.2, 0.25) is 0 Å². The lowest BCUT2D eigenvalue weighted by Gasteiger charge is -2.38. The lowest BCUT2D eigenvalue weighted by atomic mass is 9.97. The smallest absolute Gasteiger partial charge is 0.0781 e. The number of para-hydroxylation sites is 1. The molecule has 17 heavy (non-hydrogen) atoms. The Morgan fingerprint density at radius 2 is 2.12 bits per heavy atom. The molecule has 0 amide bonds. The van der Waals surface area contributed by atoms with E-state index in [1.165, 1.54) is 31.4 Å². The number of aliphatic hydroxyl groups excluding tert-OH is 1. The van der Waals surface area contributed by atoms with Gasteiger partial charge in [-0.25, -0.2) is 0 Å². The van der Waals surface area contributed by atoms with Crippen LogP contribution in [0.25, 0.3) is 0 Å². The number of hydrogen-bond acceptors (Lipinski definition) is 2. The van der Waals surface area contributed by atoms with E-state index in [9.17, 15) is 5.11 Å². The van der Waals surface area contributed by atoms with Crippen molar-refractivity contribution in [2.24, 2.45) is 0 Å². The molecule has 0 radical (unpaired) electrons. The lowest BCUT2D eigenvalue weighted by molar-refractivity contribution is 0.199. The number of rotatable bonds is 3. The largest absolute Gasteiger partial charge is 0.389 e. The molecule has 1 aliphatic rings. The second-order valence-electron chi connectivity index (χ2n) is 4.99. The fourth-order valence-corrected chi connectivity index (χ4v) is 2.84. The first-order valence-corrected chi connectivity index (χ1v) is 6.77. The predicted molar refractivity (Wildman–Crippen MR) is 72.4 cm³/mol. The van der Waals surface area contributed by atoms with Crippen molar-refractivity contribution in [3.05, 3.63) is 29.8 Å². The average molecular weight is 233 g/mol. The van der Waals surface area contributed by atoms with Crippen LogP contribution in [0.4, 0.5) is 5.69 Å². The Morgan fingerprint density at radius 1 is 1.35 bits per heavy atom. The van der Waals surface area contributed by atoms with E-state index in [0.29, 0.717) is 6.04 Å². The minimum absolute atomic E-state index is 0.384. The molecule has 1 aromatic rings. The predicted octanol–water partition coefficient (Wildman–Crippen LogP) is 3.51. The van der Waals surface area contributed by atoms with E-state index in [2.05, 4.69) is 24.0 Å². The monoisotopic (exact) mass is 233 g/mol. The molecule has 1 N–H and O–H groups in total. The quantitative estimate of drug-likeness (QED) is 0.863. The molecule has 2 nitrogen and oxygen atoms in total. The SMILES string of the molecule is CCC1CCCCN1c1ccccc1C(C)O. The van der Waals surface area contributed by atoms with Crippen LogP contribution < -0.4 is 4.90 Å². The van der Waals surface area contributed by atoms with Crippen LogP contribution in [-0.4, -0.2) is 17.7 Å². The summed E-state index contributed by atoms with van der Waals surface area (Å²) in [6.45, 7) is 5.24. The van der Waals surface area contributed by atoms with Crippen molar-refractivity contribution >= 4 is 5.69 Å².